The molecule has 0 radical (unpaired) electrons. The van der Waals surface area contributed by atoms with E-state index in [1.165, 1.54) is 31.2 Å². The quantitative estimate of drug-likeness (QED) is 0.720. The van der Waals surface area contributed by atoms with E-state index in [-0.39, 0.29) is 0 Å². The van der Waals surface area contributed by atoms with Crippen molar-refractivity contribution in [3.63, 3.8) is 0 Å². The molecule has 0 aliphatic heterocycles. The van der Waals surface area contributed by atoms with Crippen molar-refractivity contribution in [3.8, 4) is 0 Å². The number of hydrogen-bond acceptors (Lipinski definition) is 2. The Hall–Kier alpha value is -0.340. The highest BCUT2D eigenvalue weighted by Crippen LogP contribution is 2.17. The van der Waals surface area contributed by atoms with E-state index in [4.69, 9.17) is 0 Å². The molecule has 1 nitrogen and oxygen atoms in total. The van der Waals surface area contributed by atoms with Crippen LogP contribution in [0.2, 0.25) is 0 Å². The van der Waals surface area contributed by atoms with Gasteiger partial charge < -0.3 is 5.32 Å². The number of aryl methyl sites for hydroxylation is 1. The summed E-state index contributed by atoms with van der Waals surface area (Å²) in [7, 11) is 0. The van der Waals surface area contributed by atoms with Crippen LogP contribution in [0.1, 0.15) is 45.6 Å². The van der Waals surface area contributed by atoms with E-state index in [1.807, 2.05) is 0 Å². The summed E-state index contributed by atoms with van der Waals surface area (Å²) in [5.74, 6) is 0.795. The van der Waals surface area contributed by atoms with Crippen LogP contribution in [-0.4, -0.2) is 12.6 Å². The van der Waals surface area contributed by atoms with Crippen LogP contribution in [0.3, 0.4) is 0 Å². The van der Waals surface area contributed by atoms with Crippen LogP contribution >= 0.6 is 11.3 Å². The van der Waals surface area contributed by atoms with Gasteiger partial charge in [-0.1, -0.05) is 27.2 Å². The Morgan fingerprint density at radius 2 is 2.12 bits per heavy atom. The molecule has 1 heterocycles. The van der Waals surface area contributed by atoms with Gasteiger partial charge in [0.2, 0.25) is 0 Å². The standard InChI is InChI=1S/C14H25NS/c1-4-6-12(3)14(15-5-2)8-7-13-9-10-16-11-13/h9-12,14-15H,4-8H2,1-3H3. The lowest BCUT2D eigenvalue weighted by molar-refractivity contribution is 0.342. The fraction of sp³-hybridized carbons (Fsp3) is 0.714. The first-order valence-electron chi connectivity index (χ1n) is 6.52. The summed E-state index contributed by atoms with van der Waals surface area (Å²) in [4.78, 5) is 0. The van der Waals surface area contributed by atoms with Crippen LogP contribution < -0.4 is 5.32 Å². The minimum atomic E-state index is 0.685. The van der Waals surface area contributed by atoms with Crippen molar-refractivity contribution in [2.24, 2.45) is 5.92 Å². The van der Waals surface area contributed by atoms with Crippen molar-refractivity contribution in [2.75, 3.05) is 6.54 Å². The molecule has 2 unspecified atom stereocenters. The predicted molar refractivity (Wildman–Crippen MR) is 74.2 cm³/mol. The van der Waals surface area contributed by atoms with Gasteiger partial charge in [-0.05, 0) is 54.1 Å². The van der Waals surface area contributed by atoms with E-state index in [1.54, 1.807) is 11.3 Å². The van der Waals surface area contributed by atoms with Crippen molar-refractivity contribution in [1.82, 2.24) is 5.32 Å². The molecule has 1 aromatic heterocycles. The van der Waals surface area contributed by atoms with Crippen molar-refractivity contribution in [1.29, 1.82) is 0 Å². The van der Waals surface area contributed by atoms with Crippen molar-refractivity contribution in [2.45, 2.75) is 52.5 Å². The zero-order valence-corrected chi connectivity index (χ0v) is 11.6. The lowest BCUT2D eigenvalue weighted by atomic mass is 9.92. The van der Waals surface area contributed by atoms with Gasteiger partial charge in [-0.3, -0.25) is 0 Å². The van der Waals surface area contributed by atoms with E-state index in [2.05, 4.69) is 42.9 Å². The molecule has 2 atom stereocenters. The largest absolute Gasteiger partial charge is 0.314 e. The summed E-state index contributed by atoms with van der Waals surface area (Å²) >= 11 is 1.80. The topological polar surface area (TPSA) is 12.0 Å². The van der Waals surface area contributed by atoms with Gasteiger partial charge >= 0.3 is 0 Å². The smallest absolute Gasteiger partial charge is 0.00957 e. The van der Waals surface area contributed by atoms with Gasteiger partial charge in [0.25, 0.3) is 0 Å². The Morgan fingerprint density at radius 3 is 2.69 bits per heavy atom. The second-order valence-corrected chi connectivity index (χ2v) is 5.38. The first-order chi connectivity index (χ1) is 7.77. The minimum absolute atomic E-state index is 0.685. The molecule has 0 saturated carbocycles. The molecule has 0 fully saturated rings. The molecule has 0 spiro atoms. The Labute approximate surface area is 104 Å². The number of nitrogens with one attached hydrogen (secondary N) is 1. The number of hydrogen-bond donors (Lipinski definition) is 1. The maximum Gasteiger partial charge on any atom is 0.00957 e. The van der Waals surface area contributed by atoms with Crippen LogP contribution in [0.5, 0.6) is 0 Å². The Balaban J connectivity index is 2.38. The van der Waals surface area contributed by atoms with E-state index in [9.17, 15) is 0 Å². The monoisotopic (exact) mass is 239 g/mol. The molecular weight excluding hydrogens is 214 g/mol. The first-order valence-corrected chi connectivity index (χ1v) is 7.46. The third-order valence-electron chi connectivity index (χ3n) is 3.22. The Morgan fingerprint density at radius 1 is 1.31 bits per heavy atom. The Bertz CT molecular complexity index is 256. The Kier molecular flexibility index (Phi) is 6.74. The van der Waals surface area contributed by atoms with Gasteiger partial charge in [0, 0.05) is 6.04 Å². The zero-order valence-electron chi connectivity index (χ0n) is 10.8. The maximum atomic E-state index is 3.63. The molecule has 92 valence electrons. The first kappa shape index (κ1) is 13.7. The van der Waals surface area contributed by atoms with Gasteiger partial charge in [-0.15, -0.1) is 0 Å². The lowest BCUT2D eigenvalue weighted by Gasteiger charge is -2.24. The zero-order chi connectivity index (χ0) is 11.8. The van der Waals surface area contributed by atoms with Crippen LogP contribution in [0, 0.1) is 5.92 Å². The number of thiophene rings is 1. The van der Waals surface area contributed by atoms with Gasteiger partial charge in [0.15, 0.2) is 0 Å². The van der Waals surface area contributed by atoms with Crippen LogP contribution in [0.15, 0.2) is 16.8 Å². The lowest BCUT2D eigenvalue weighted by Crippen LogP contribution is -2.35. The van der Waals surface area contributed by atoms with Gasteiger partial charge in [0.1, 0.15) is 0 Å². The molecule has 2 heteroatoms. The molecule has 0 aliphatic carbocycles. The van der Waals surface area contributed by atoms with Crippen molar-refractivity contribution >= 4 is 11.3 Å². The molecule has 0 aliphatic rings. The summed E-state index contributed by atoms with van der Waals surface area (Å²) < 4.78 is 0. The third kappa shape index (κ3) is 4.67. The molecule has 16 heavy (non-hydrogen) atoms. The second kappa shape index (κ2) is 7.86. The fourth-order valence-electron chi connectivity index (χ4n) is 2.26. The molecule has 1 N–H and O–H groups in total. The maximum absolute atomic E-state index is 3.63. The molecule has 0 saturated heterocycles. The molecular formula is C14H25NS. The van der Waals surface area contributed by atoms with Gasteiger partial charge in [-0.2, -0.15) is 11.3 Å². The molecule has 1 rings (SSSR count). The SMILES string of the molecule is CCCC(C)C(CCc1ccsc1)NCC. The highest BCUT2D eigenvalue weighted by Gasteiger charge is 2.15. The van der Waals surface area contributed by atoms with E-state index in [0.29, 0.717) is 6.04 Å². The van der Waals surface area contributed by atoms with Gasteiger partial charge in [0.05, 0.1) is 0 Å². The molecule has 1 aromatic rings. The summed E-state index contributed by atoms with van der Waals surface area (Å²) in [6.07, 6.45) is 5.11. The third-order valence-corrected chi connectivity index (χ3v) is 3.95. The van der Waals surface area contributed by atoms with E-state index in [0.717, 1.165) is 12.5 Å². The molecule has 0 amide bonds. The fourth-order valence-corrected chi connectivity index (χ4v) is 2.97. The average molecular weight is 239 g/mol. The van der Waals surface area contributed by atoms with Crippen LogP contribution in [0.4, 0.5) is 0 Å². The molecule has 0 aromatic carbocycles. The van der Waals surface area contributed by atoms with Gasteiger partial charge in [-0.25, -0.2) is 0 Å². The highest BCUT2D eigenvalue weighted by molar-refractivity contribution is 7.07. The van der Waals surface area contributed by atoms with Crippen LogP contribution in [-0.2, 0) is 6.42 Å². The summed E-state index contributed by atoms with van der Waals surface area (Å²) in [6.45, 7) is 7.95. The average Bonchev–Trinajstić information content (AvgIpc) is 2.77. The van der Waals surface area contributed by atoms with E-state index >= 15 is 0 Å². The van der Waals surface area contributed by atoms with Crippen LogP contribution in [0.25, 0.3) is 0 Å². The summed E-state index contributed by atoms with van der Waals surface area (Å²) in [6, 6.07) is 2.93. The predicted octanol–water partition coefficient (Wildman–Crippen LogP) is 4.10. The van der Waals surface area contributed by atoms with Crippen molar-refractivity contribution in [3.05, 3.63) is 22.4 Å². The highest BCUT2D eigenvalue weighted by atomic mass is 32.1. The van der Waals surface area contributed by atoms with Crippen molar-refractivity contribution < 1.29 is 0 Å². The van der Waals surface area contributed by atoms with E-state index < -0.39 is 0 Å². The second-order valence-electron chi connectivity index (χ2n) is 4.60. The summed E-state index contributed by atoms with van der Waals surface area (Å²) in [5, 5.41) is 8.08. The number of rotatable bonds is 8. The minimum Gasteiger partial charge on any atom is -0.314 e. The summed E-state index contributed by atoms with van der Waals surface area (Å²) in [5.41, 5.74) is 1.50. The normalized spacial score (nSPS) is 14.9. The molecule has 0 bridgehead atoms.